The molecule has 1 aliphatic rings. The molecule has 0 saturated carbocycles. The zero-order valence-corrected chi connectivity index (χ0v) is 11.7. The van der Waals surface area contributed by atoms with E-state index in [0.717, 1.165) is 0 Å². The quantitative estimate of drug-likeness (QED) is 0.695. The molecule has 0 aliphatic carbocycles. The maximum absolute atomic E-state index is 12.2. The Morgan fingerprint density at radius 1 is 1.18 bits per heavy atom. The molecular weight excluding hydrogens is 288 g/mol. The van der Waals surface area contributed by atoms with Crippen LogP contribution in [0.4, 0.5) is 11.4 Å². The number of carbonyl (C=O) groups excluding carboxylic acids is 1. The summed E-state index contributed by atoms with van der Waals surface area (Å²) in [5.41, 5.74) is 1.40. The van der Waals surface area contributed by atoms with Crippen LogP contribution in [0.25, 0.3) is 0 Å². The molecule has 112 valence electrons. The van der Waals surface area contributed by atoms with Crippen LogP contribution in [0, 0.1) is 17.0 Å². The molecule has 2 aromatic carbocycles. The molecule has 1 amide bonds. The monoisotopic (exact) mass is 300 g/mol. The van der Waals surface area contributed by atoms with E-state index in [2.05, 4.69) is 5.32 Å². The second-order valence-electron chi connectivity index (χ2n) is 4.78. The van der Waals surface area contributed by atoms with Gasteiger partial charge in [-0.05, 0) is 37.3 Å². The van der Waals surface area contributed by atoms with Crippen LogP contribution in [0.2, 0.25) is 0 Å². The van der Waals surface area contributed by atoms with Gasteiger partial charge in [-0.3, -0.25) is 14.9 Å². The highest BCUT2D eigenvalue weighted by atomic mass is 16.7. The lowest BCUT2D eigenvalue weighted by Gasteiger charge is -2.07. The van der Waals surface area contributed by atoms with Crippen molar-refractivity contribution in [1.29, 1.82) is 0 Å². The van der Waals surface area contributed by atoms with Crippen LogP contribution in [0.3, 0.4) is 0 Å². The second kappa shape index (κ2) is 5.36. The first kappa shape index (κ1) is 13.9. The third-order valence-electron chi connectivity index (χ3n) is 3.29. The molecule has 1 heterocycles. The number of nitro groups is 1. The molecule has 0 atom stereocenters. The molecule has 0 spiro atoms. The summed E-state index contributed by atoms with van der Waals surface area (Å²) in [5.74, 6) is 0.793. The summed E-state index contributed by atoms with van der Waals surface area (Å²) >= 11 is 0. The van der Waals surface area contributed by atoms with Gasteiger partial charge in [0.1, 0.15) is 0 Å². The number of hydrogen-bond acceptors (Lipinski definition) is 5. The number of amides is 1. The Balaban J connectivity index is 1.79. The molecule has 0 bridgehead atoms. The SMILES string of the molecule is Cc1cc(NC(=O)c2ccc3c(c2)OCO3)ccc1[N+](=O)[O-]. The van der Waals surface area contributed by atoms with E-state index in [9.17, 15) is 14.9 Å². The summed E-state index contributed by atoms with van der Waals surface area (Å²) in [6, 6.07) is 9.30. The number of ether oxygens (including phenoxy) is 2. The van der Waals surface area contributed by atoms with Gasteiger partial charge in [-0.2, -0.15) is 0 Å². The van der Waals surface area contributed by atoms with Gasteiger partial charge < -0.3 is 14.8 Å². The van der Waals surface area contributed by atoms with Crippen molar-refractivity contribution in [3.8, 4) is 11.5 Å². The fraction of sp³-hybridized carbons (Fsp3) is 0.133. The molecule has 1 N–H and O–H groups in total. The van der Waals surface area contributed by atoms with Crippen molar-refractivity contribution in [3.63, 3.8) is 0 Å². The lowest BCUT2D eigenvalue weighted by Crippen LogP contribution is -2.12. The van der Waals surface area contributed by atoms with Crippen LogP contribution in [-0.2, 0) is 0 Å². The van der Waals surface area contributed by atoms with Gasteiger partial charge in [-0.1, -0.05) is 0 Å². The fourth-order valence-corrected chi connectivity index (χ4v) is 2.18. The van der Waals surface area contributed by atoms with Crippen molar-refractivity contribution >= 4 is 17.3 Å². The van der Waals surface area contributed by atoms with Crippen molar-refractivity contribution in [2.75, 3.05) is 12.1 Å². The van der Waals surface area contributed by atoms with Gasteiger partial charge in [0.15, 0.2) is 11.5 Å². The average Bonchev–Trinajstić information content (AvgIpc) is 2.94. The average molecular weight is 300 g/mol. The number of anilines is 1. The van der Waals surface area contributed by atoms with Crippen LogP contribution >= 0.6 is 0 Å². The summed E-state index contributed by atoms with van der Waals surface area (Å²) in [7, 11) is 0. The first-order chi connectivity index (χ1) is 10.5. The van der Waals surface area contributed by atoms with Gasteiger partial charge >= 0.3 is 0 Å². The van der Waals surface area contributed by atoms with Crippen molar-refractivity contribution < 1.29 is 19.2 Å². The Labute approximate surface area is 125 Å². The van der Waals surface area contributed by atoms with E-state index in [0.29, 0.717) is 28.3 Å². The van der Waals surface area contributed by atoms with Gasteiger partial charge in [0.05, 0.1) is 4.92 Å². The van der Waals surface area contributed by atoms with Crippen molar-refractivity contribution in [3.05, 3.63) is 57.6 Å². The molecule has 0 fully saturated rings. The van der Waals surface area contributed by atoms with Gasteiger partial charge in [-0.25, -0.2) is 0 Å². The number of hydrogen-bond donors (Lipinski definition) is 1. The topological polar surface area (TPSA) is 90.7 Å². The number of benzene rings is 2. The fourth-order valence-electron chi connectivity index (χ4n) is 2.18. The number of nitrogens with one attached hydrogen (secondary N) is 1. The predicted octanol–water partition coefficient (Wildman–Crippen LogP) is 2.88. The minimum absolute atomic E-state index is 0.0149. The molecule has 1 aliphatic heterocycles. The van der Waals surface area contributed by atoms with E-state index >= 15 is 0 Å². The van der Waals surface area contributed by atoms with Gasteiger partial charge in [0.25, 0.3) is 11.6 Å². The molecule has 2 aromatic rings. The third kappa shape index (κ3) is 2.56. The van der Waals surface area contributed by atoms with Crippen molar-refractivity contribution in [1.82, 2.24) is 0 Å². The van der Waals surface area contributed by atoms with Crippen LogP contribution in [0.15, 0.2) is 36.4 Å². The number of carbonyl (C=O) groups is 1. The minimum Gasteiger partial charge on any atom is -0.454 e. The molecule has 0 radical (unpaired) electrons. The second-order valence-corrected chi connectivity index (χ2v) is 4.78. The molecule has 0 saturated heterocycles. The Kier molecular flexibility index (Phi) is 3.38. The molecule has 7 heteroatoms. The predicted molar refractivity (Wildman–Crippen MR) is 78.4 cm³/mol. The van der Waals surface area contributed by atoms with Crippen LogP contribution in [0.5, 0.6) is 11.5 Å². The van der Waals surface area contributed by atoms with E-state index in [4.69, 9.17) is 9.47 Å². The minimum atomic E-state index is -0.460. The first-order valence-corrected chi connectivity index (χ1v) is 6.50. The van der Waals surface area contributed by atoms with Gasteiger partial charge in [-0.15, -0.1) is 0 Å². The van der Waals surface area contributed by atoms with Gasteiger partial charge in [0, 0.05) is 22.9 Å². The zero-order chi connectivity index (χ0) is 15.7. The van der Waals surface area contributed by atoms with Gasteiger partial charge in [0.2, 0.25) is 6.79 Å². The molecule has 0 aromatic heterocycles. The van der Waals surface area contributed by atoms with E-state index in [1.807, 2.05) is 0 Å². The largest absolute Gasteiger partial charge is 0.454 e. The molecule has 0 unspecified atom stereocenters. The highest BCUT2D eigenvalue weighted by molar-refractivity contribution is 6.04. The summed E-state index contributed by atoms with van der Waals surface area (Å²) in [4.78, 5) is 22.5. The van der Waals surface area contributed by atoms with Crippen LogP contribution < -0.4 is 14.8 Å². The van der Waals surface area contributed by atoms with E-state index in [-0.39, 0.29) is 18.4 Å². The zero-order valence-electron chi connectivity index (χ0n) is 11.7. The number of nitro benzene ring substituents is 1. The Morgan fingerprint density at radius 3 is 2.68 bits per heavy atom. The van der Waals surface area contributed by atoms with E-state index in [1.54, 1.807) is 31.2 Å². The summed E-state index contributed by atoms with van der Waals surface area (Å²) in [5, 5.41) is 13.5. The van der Waals surface area contributed by atoms with Crippen LogP contribution in [-0.4, -0.2) is 17.6 Å². The molecule has 3 rings (SSSR count). The Hall–Kier alpha value is -3.09. The Morgan fingerprint density at radius 2 is 1.95 bits per heavy atom. The number of rotatable bonds is 3. The van der Waals surface area contributed by atoms with E-state index < -0.39 is 4.92 Å². The third-order valence-corrected chi connectivity index (χ3v) is 3.29. The lowest BCUT2D eigenvalue weighted by molar-refractivity contribution is -0.385. The Bertz CT molecular complexity index is 773. The highest BCUT2D eigenvalue weighted by Crippen LogP contribution is 2.32. The summed E-state index contributed by atoms with van der Waals surface area (Å²) < 4.78 is 10.4. The highest BCUT2D eigenvalue weighted by Gasteiger charge is 2.17. The number of nitrogens with zero attached hydrogens (tertiary/aromatic N) is 1. The van der Waals surface area contributed by atoms with Crippen molar-refractivity contribution in [2.45, 2.75) is 6.92 Å². The molecule has 7 nitrogen and oxygen atoms in total. The number of aryl methyl sites for hydroxylation is 1. The maximum Gasteiger partial charge on any atom is 0.272 e. The first-order valence-electron chi connectivity index (χ1n) is 6.50. The summed E-state index contributed by atoms with van der Waals surface area (Å²) in [6.45, 7) is 1.76. The lowest BCUT2D eigenvalue weighted by atomic mass is 10.1. The van der Waals surface area contributed by atoms with E-state index in [1.165, 1.54) is 12.1 Å². The molecule has 22 heavy (non-hydrogen) atoms. The smallest absolute Gasteiger partial charge is 0.272 e. The summed E-state index contributed by atoms with van der Waals surface area (Å²) in [6.07, 6.45) is 0. The van der Waals surface area contributed by atoms with Crippen molar-refractivity contribution in [2.24, 2.45) is 0 Å². The standard InChI is InChI=1S/C15H12N2O5/c1-9-6-11(3-4-12(9)17(19)20)16-15(18)10-2-5-13-14(7-10)22-8-21-13/h2-7H,8H2,1H3,(H,16,18). The number of fused-ring (bicyclic) bond motifs is 1. The normalized spacial score (nSPS) is 12.0. The molecular formula is C15H12N2O5. The van der Waals surface area contributed by atoms with Crippen LogP contribution in [0.1, 0.15) is 15.9 Å². The maximum atomic E-state index is 12.2.